The fraction of sp³-hybridized carbons (Fsp3) is 0. The molecule has 0 saturated heterocycles. The molecule has 0 amide bonds. The van der Waals surface area contributed by atoms with Crippen LogP contribution in [-0.4, -0.2) is 9.97 Å². The zero-order valence-electron chi connectivity index (χ0n) is 9.45. The molecule has 1 aromatic carbocycles. The summed E-state index contributed by atoms with van der Waals surface area (Å²) in [5.74, 6) is -4.07. The number of nitrogens with two attached hydrogens (primary N) is 1. The van der Waals surface area contributed by atoms with Gasteiger partial charge >= 0.3 is 0 Å². The lowest BCUT2D eigenvalue weighted by Crippen LogP contribution is -2.11. The average molecular weight is 283 g/mol. The SMILES string of the molecule is NC(=S)c1ccc(Nc2ccc(F)c(F)c2F)cn1. The van der Waals surface area contributed by atoms with Crippen LogP contribution in [0.3, 0.4) is 0 Å². The van der Waals surface area contributed by atoms with Crippen molar-refractivity contribution in [2.24, 2.45) is 5.73 Å². The van der Waals surface area contributed by atoms with Crippen molar-refractivity contribution in [2.45, 2.75) is 0 Å². The fourth-order valence-corrected chi connectivity index (χ4v) is 1.51. The summed E-state index contributed by atoms with van der Waals surface area (Å²) in [6, 6.07) is 5.00. The van der Waals surface area contributed by atoms with Gasteiger partial charge in [0.05, 0.1) is 23.3 Å². The molecule has 0 atom stereocenters. The molecule has 2 rings (SSSR count). The highest BCUT2D eigenvalue weighted by Gasteiger charge is 2.13. The summed E-state index contributed by atoms with van der Waals surface area (Å²) in [5.41, 5.74) is 5.99. The number of thiocarbonyl (C=S) groups is 1. The molecule has 7 heteroatoms. The van der Waals surface area contributed by atoms with Gasteiger partial charge in [-0.2, -0.15) is 0 Å². The molecule has 19 heavy (non-hydrogen) atoms. The molecular formula is C12H8F3N3S. The molecule has 1 heterocycles. The second-order valence-corrected chi connectivity index (χ2v) is 4.08. The van der Waals surface area contributed by atoms with Gasteiger partial charge in [-0.25, -0.2) is 13.2 Å². The van der Waals surface area contributed by atoms with Gasteiger partial charge in [0.1, 0.15) is 4.99 Å². The lowest BCUT2D eigenvalue weighted by Gasteiger charge is -2.08. The zero-order valence-corrected chi connectivity index (χ0v) is 10.3. The highest BCUT2D eigenvalue weighted by atomic mass is 32.1. The van der Waals surface area contributed by atoms with Crippen LogP contribution in [0.1, 0.15) is 5.69 Å². The molecule has 2 aromatic rings. The maximum absolute atomic E-state index is 13.4. The van der Waals surface area contributed by atoms with Crippen LogP contribution in [0.4, 0.5) is 24.5 Å². The Morgan fingerprint density at radius 2 is 1.84 bits per heavy atom. The molecule has 0 unspecified atom stereocenters. The van der Waals surface area contributed by atoms with Gasteiger partial charge in [0.25, 0.3) is 0 Å². The van der Waals surface area contributed by atoms with E-state index >= 15 is 0 Å². The molecule has 1 aromatic heterocycles. The first kappa shape index (κ1) is 13.3. The number of nitrogens with zero attached hydrogens (tertiary/aromatic N) is 1. The molecule has 0 aliphatic carbocycles. The van der Waals surface area contributed by atoms with Crippen LogP contribution in [0.2, 0.25) is 0 Å². The molecule has 0 bridgehead atoms. The Balaban J connectivity index is 2.26. The first-order valence-corrected chi connectivity index (χ1v) is 5.56. The van der Waals surface area contributed by atoms with Crippen molar-refractivity contribution in [1.29, 1.82) is 0 Å². The third-order valence-corrected chi connectivity index (χ3v) is 2.54. The fourth-order valence-electron chi connectivity index (χ4n) is 1.39. The number of rotatable bonds is 3. The molecule has 0 fully saturated rings. The van der Waals surface area contributed by atoms with Crippen LogP contribution in [0.15, 0.2) is 30.5 Å². The summed E-state index contributed by atoms with van der Waals surface area (Å²) in [6.45, 7) is 0. The Hall–Kier alpha value is -2.15. The average Bonchev–Trinajstić information content (AvgIpc) is 2.40. The van der Waals surface area contributed by atoms with Crippen LogP contribution >= 0.6 is 12.2 Å². The number of pyridine rings is 1. The lowest BCUT2D eigenvalue weighted by molar-refractivity contribution is 0.449. The van der Waals surface area contributed by atoms with Gasteiger partial charge in [0, 0.05) is 0 Å². The van der Waals surface area contributed by atoms with Gasteiger partial charge in [-0.05, 0) is 24.3 Å². The minimum Gasteiger partial charge on any atom is -0.388 e. The van der Waals surface area contributed by atoms with E-state index in [1.807, 2.05) is 0 Å². The maximum Gasteiger partial charge on any atom is 0.196 e. The quantitative estimate of drug-likeness (QED) is 0.672. The standard InChI is InChI=1S/C12H8F3N3S/c13-7-2-4-8(11(15)10(7)14)18-6-1-3-9(12(16)19)17-5-6/h1-5,18H,(H2,16,19). The van der Waals surface area contributed by atoms with Gasteiger partial charge in [-0.15, -0.1) is 0 Å². The molecule has 0 radical (unpaired) electrons. The first-order valence-electron chi connectivity index (χ1n) is 5.15. The molecule has 98 valence electrons. The molecule has 0 spiro atoms. The van der Waals surface area contributed by atoms with E-state index in [-0.39, 0.29) is 10.7 Å². The maximum atomic E-state index is 13.4. The number of hydrogen-bond donors (Lipinski definition) is 2. The highest BCUT2D eigenvalue weighted by Crippen LogP contribution is 2.23. The number of halogens is 3. The van der Waals surface area contributed by atoms with Crippen LogP contribution in [0, 0.1) is 17.5 Å². The Labute approximate surface area is 112 Å². The van der Waals surface area contributed by atoms with Gasteiger partial charge in [0.2, 0.25) is 0 Å². The van der Waals surface area contributed by atoms with E-state index in [1.165, 1.54) is 12.3 Å². The van der Waals surface area contributed by atoms with Crippen LogP contribution in [0.25, 0.3) is 0 Å². The van der Waals surface area contributed by atoms with Crippen molar-refractivity contribution >= 4 is 28.6 Å². The number of anilines is 2. The Bertz CT molecular complexity index is 629. The van der Waals surface area contributed by atoms with E-state index in [1.54, 1.807) is 6.07 Å². The van der Waals surface area contributed by atoms with E-state index in [0.717, 1.165) is 12.1 Å². The number of benzene rings is 1. The van der Waals surface area contributed by atoms with E-state index in [0.29, 0.717) is 11.4 Å². The van der Waals surface area contributed by atoms with Crippen LogP contribution < -0.4 is 11.1 Å². The summed E-state index contributed by atoms with van der Waals surface area (Å²) < 4.78 is 39.2. The second kappa shape index (κ2) is 5.23. The Morgan fingerprint density at radius 3 is 2.42 bits per heavy atom. The van der Waals surface area contributed by atoms with Crippen molar-refractivity contribution in [3.8, 4) is 0 Å². The van der Waals surface area contributed by atoms with E-state index in [9.17, 15) is 13.2 Å². The number of nitrogens with one attached hydrogen (secondary N) is 1. The van der Waals surface area contributed by atoms with Crippen LogP contribution in [-0.2, 0) is 0 Å². The van der Waals surface area contributed by atoms with Crippen LogP contribution in [0.5, 0.6) is 0 Å². The third-order valence-electron chi connectivity index (χ3n) is 2.33. The van der Waals surface area contributed by atoms with Crippen molar-refractivity contribution in [1.82, 2.24) is 4.98 Å². The first-order chi connectivity index (χ1) is 8.99. The molecule has 3 N–H and O–H groups in total. The summed E-state index contributed by atoms with van der Waals surface area (Å²) >= 11 is 4.73. The summed E-state index contributed by atoms with van der Waals surface area (Å²) in [5, 5.41) is 2.58. The number of hydrogen-bond acceptors (Lipinski definition) is 3. The summed E-state index contributed by atoms with van der Waals surface area (Å²) in [6.07, 6.45) is 1.36. The summed E-state index contributed by atoms with van der Waals surface area (Å²) in [7, 11) is 0. The predicted molar refractivity (Wildman–Crippen MR) is 69.7 cm³/mol. The van der Waals surface area contributed by atoms with E-state index < -0.39 is 17.5 Å². The van der Waals surface area contributed by atoms with Crippen molar-refractivity contribution in [3.63, 3.8) is 0 Å². The zero-order chi connectivity index (χ0) is 14.0. The van der Waals surface area contributed by atoms with Gasteiger partial charge < -0.3 is 11.1 Å². The minimum absolute atomic E-state index is 0.130. The summed E-state index contributed by atoms with van der Waals surface area (Å²) in [4.78, 5) is 4.06. The van der Waals surface area contributed by atoms with Crippen molar-refractivity contribution < 1.29 is 13.2 Å². The normalized spacial score (nSPS) is 10.3. The molecule has 0 aliphatic heterocycles. The molecule has 0 saturated carbocycles. The second-order valence-electron chi connectivity index (χ2n) is 3.64. The molecule has 0 aliphatic rings. The van der Waals surface area contributed by atoms with Crippen molar-refractivity contribution in [2.75, 3.05) is 5.32 Å². The Morgan fingerprint density at radius 1 is 1.11 bits per heavy atom. The largest absolute Gasteiger partial charge is 0.388 e. The predicted octanol–water partition coefficient (Wildman–Crippen LogP) is 2.88. The van der Waals surface area contributed by atoms with Gasteiger partial charge in [0.15, 0.2) is 17.5 Å². The third kappa shape index (κ3) is 2.82. The van der Waals surface area contributed by atoms with E-state index in [2.05, 4.69) is 10.3 Å². The Kier molecular flexibility index (Phi) is 3.66. The highest BCUT2D eigenvalue weighted by molar-refractivity contribution is 7.80. The smallest absolute Gasteiger partial charge is 0.196 e. The van der Waals surface area contributed by atoms with Gasteiger partial charge in [-0.1, -0.05) is 12.2 Å². The number of aromatic nitrogens is 1. The van der Waals surface area contributed by atoms with Crippen molar-refractivity contribution in [3.05, 3.63) is 53.6 Å². The topological polar surface area (TPSA) is 50.9 Å². The molecular weight excluding hydrogens is 275 g/mol. The van der Waals surface area contributed by atoms with Gasteiger partial charge in [-0.3, -0.25) is 4.98 Å². The lowest BCUT2D eigenvalue weighted by atomic mass is 10.2. The van der Waals surface area contributed by atoms with E-state index in [4.69, 9.17) is 18.0 Å². The minimum atomic E-state index is -1.53. The monoisotopic (exact) mass is 283 g/mol. The molecule has 3 nitrogen and oxygen atoms in total.